The Morgan fingerprint density at radius 2 is 2.50 bits per heavy atom. The number of aromatic nitrogens is 3. The van der Waals surface area contributed by atoms with Crippen molar-refractivity contribution in [3.05, 3.63) is 35.5 Å². The lowest BCUT2D eigenvalue weighted by Crippen LogP contribution is -2.31. The van der Waals surface area contributed by atoms with E-state index in [2.05, 4.69) is 15.4 Å². The van der Waals surface area contributed by atoms with Gasteiger partial charge in [0.15, 0.2) is 0 Å². The summed E-state index contributed by atoms with van der Waals surface area (Å²) >= 11 is 0. The minimum absolute atomic E-state index is 0.0123. The van der Waals surface area contributed by atoms with Gasteiger partial charge in [-0.1, -0.05) is 5.16 Å². The number of aromatic amines is 1. The predicted molar refractivity (Wildman–Crippen MR) is 62.8 cm³/mol. The summed E-state index contributed by atoms with van der Waals surface area (Å²) in [7, 11) is 0. The summed E-state index contributed by atoms with van der Waals surface area (Å²) in [6, 6.07) is 3.59. The first-order valence-electron chi connectivity index (χ1n) is 5.99. The van der Waals surface area contributed by atoms with E-state index in [9.17, 15) is 4.79 Å². The minimum atomic E-state index is -0.0318. The van der Waals surface area contributed by atoms with Crippen LogP contribution in [0.5, 0.6) is 0 Å². The summed E-state index contributed by atoms with van der Waals surface area (Å²) in [5, 5.41) is 10.5. The first-order chi connectivity index (χ1) is 8.75. The molecule has 1 unspecified atom stereocenters. The predicted octanol–water partition coefficient (Wildman–Crippen LogP) is 1.68. The molecule has 1 N–H and O–H groups in total. The molecule has 0 aliphatic carbocycles. The van der Waals surface area contributed by atoms with Crippen molar-refractivity contribution in [2.75, 3.05) is 6.54 Å². The summed E-state index contributed by atoms with van der Waals surface area (Å²) in [6.45, 7) is 2.60. The van der Waals surface area contributed by atoms with Crippen LogP contribution in [0.25, 0.3) is 0 Å². The Bertz CT molecular complexity index is 546. The minimum Gasteiger partial charge on any atom is -0.361 e. The molecular weight excluding hydrogens is 232 g/mol. The fourth-order valence-corrected chi connectivity index (χ4v) is 2.39. The quantitative estimate of drug-likeness (QED) is 0.874. The zero-order valence-corrected chi connectivity index (χ0v) is 10.1. The molecule has 1 aliphatic heterocycles. The number of carbonyl (C=O) groups is 1. The van der Waals surface area contributed by atoms with Crippen LogP contribution in [0, 0.1) is 6.92 Å². The third-order valence-corrected chi connectivity index (χ3v) is 3.23. The van der Waals surface area contributed by atoms with Gasteiger partial charge in [-0.15, -0.1) is 0 Å². The van der Waals surface area contributed by atoms with Gasteiger partial charge in [0.25, 0.3) is 5.91 Å². The fourth-order valence-electron chi connectivity index (χ4n) is 2.39. The van der Waals surface area contributed by atoms with Crippen molar-refractivity contribution in [1.82, 2.24) is 20.3 Å². The lowest BCUT2D eigenvalue weighted by molar-refractivity contribution is 0.0725. The maximum absolute atomic E-state index is 12.3. The molecule has 2 aromatic heterocycles. The van der Waals surface area contributed by atoms with Crippen LogP contribution in [-0.2, 0) is 0 Å². The summed E-state index contributed by atoms with van der Waals surface area (Å²) < 4.78 is 5.09. The Balaban J connectivity index is 1.85. The van der Waals surface area contributed by atoms with Crippen molar-refractivity contribution in [2.24, 2.45) is 0 Å². The standard InChI is InChI=1S/C12H14N4O2/c1-8-7-10(15-18-8)11-3-2-6-16(11)12(17)9-4-5-13-14-9/h4-5,7,11H,2-3,6H2,1H3,(H,13,14). The van der Waals surface area contributed by atoms with Crippen LogP contribution in [0.4, 0.5) is 0 Å². The second-order valence-corrected chi connectivity index (χ2v) is 4.49. The van der Waals surface area contributed by atoms with E-state index in [1.54, 1.807) is 12.3 Å². The molecule has 6 nitrogen and oxygen atoms in total. The van der Waals surface area contributed by atoms with E-state index in [0.29, 0.717) is 5.69 Å². The summed E-state index contributed by atoms with van der Waals surface area (Å²) in [6.07, 6.45) is 3.49. The van der Waals surface area contributed by atoms with Crippen LogP contribution >= 0.6 is 0 Å². The molecule has 2 aromatic rings. The Morgan fingerprint density at radius 3 is 3.17 bits per heavy atom. The summed E-state index contributed by atoms with van der Waals surface area (Å²) in [5.74, 6) is 0.737. The van der Waals surface area contributed by atoms with Crippen molar-refractivity contribution >= 4 is 5.91 Å². The average Bonchev–Trinajstić information content (AvgIpc) is 3.09. The van der Waals surface area contributed by atoms with E-state index in [4.69, 9.17) is 4.52 Å². The number of amides is 1. The zero-order valence-electron chi connectivity index (χ0n) is 10.1. The van der Waals surface area contributed by atoms with Gasteiger partial charge in [-0.25, -0.2) is 0 Å². The average molecular weight is 246 g/mol. The normalized spacial score (nSPS) is 19.4. The highest BCUT2D eigenvalue weighted by atomic mass is 16.5. The molecule has 0 radical (unpaired) electrons. The van der Waals surface area contributed by atoms with E-state index in [1.807, 2.05) is 17.9 Å². The number of H-pyrrole nitrogens is 1. The number of nitrogens with one attached hydrogen (secondary N) is 1. The van der Waals surface area contributed by atoms with Gasteiger partial charge in [0.1, 0.15) is 17.1 Å². The smallest absolute Gasteiger partial charge is 0.272 e. The highest BCUT2D eigenvalue weighted by Gasteiger charge is 2.33. The molecule has 1 aliphatic rings. The highest BCUT2D eigenvalue weighted by Crippen LogP contribution is 2.32. The van der Waals surface area contributed by atoms with Crippen LogP contribution in [-0.4, -0.2) is 32.7 Å². The zero-order chi connectivity index (χ0) is 12.5. The van der Waals surface area contributed by atoms with Crippen molar-refractivity contribution in [3.63, 3.8) is 0 Å². The van der Waals surface area contributed by atoms with Gasteiger partial charge >= 0.3 is 0 Å². The van der Waals surface area contributed by atoms with Gasteiger partial charge in [0.05, 0.1) is 6.04 Å². The molecule has 0 spiro atoms. The Labute approximate surface area is 104 Å². The van der Waals surface area contributed by atoms with E-state index < -0.39 is 0 Å². The SMILES string of the molecule is Cc1cc(C2CCCN2C(=O)c2ccn[nH]2)no1. The first-order valence-corrected chi connectivity index (χ1v) is 5.99. The second-order valence-electron chi connectivity index (χ2n) is 4.49. The number of rotatable bonds is 2. The number of hydrogen-bond acceptors (Lipinski definition) is 4. The molecular formula is C12H14N4O2. The molecule has 6 heteroatoms. The van der Waals surface area contributed by atoms with Crippen molar-refractivity contribution in [1.29, 1.82) is 0 Å². The number of carbonyl (C=O) groups excluding carboxylic acids is 1. The molecule has 0 bridgehead atoms. The van der Waals surface area contributed by atoms with E-state index in [1.165, 1.54) is 0 Å². The van der Waals surface area contributed by atoms with Crippen LogP contribution in [0.2, 0.25) is 0 Å². The monoisotopic (exact) mass is 246 g/mol. The number of hydrogen-bond donors (Lipinski definition) is 1. The first kappa shape index (κ1) is 11.0. The van der Waals surface area contributed by atoms with Gasteiger partial charge < -0.3 is 9.42 Å². The maximum Gasteiger partial charge on any atom is 0.272 e. The number of nitrogens with zero attached hydrogens (tertiary/aromatic N) is 3. The molecule has 1 amide bonds. The molecule has 0 saturated carbocycles. The van der Waals surface area contributed by atoms with Gasteiger partial charge in [-0.3, -0.25) is 9.89 Å². The second kappa shape index (κ2) is 4.29. The van der Waals surface area contributed by atoms with Crippen LogP contribution in [0.15, 0.2) is 22.9 Å². The van der Waals surface area contributed by atoms with Crippen LogP contribution in [0.3, 0.4) is 0 Å². The number of likely N-dealkylation sites (tertiary alicyclic amines) is 1. The van der Waals surface area contributed by atoms with Crippen molar-refractivity contribution in [3.8, 4) is 0 Å². The Kier molecular flexibility index (Phi) is 2.62. The molecule has 3 heterocycles. The molecule has 3 rings (SSSR count). The van der Waals surface area contributed by atoms with Crippen molar-refractivity contribution < 1.29 is 9.32 Å². The van der Waals surface area contributed by atoms with Gasteiger partial charge in [-0.2, -0.15) is 5.10 Å². The van der Waals surface area contributed by atoms with Crippen LogP contribution in [0.1, 0.15) is 40.8 Å². The maximum atomic E-state index is 12.3. The molecule has 1 atom stereocenters. The lowest BCUT2D eigenvalue weighted by atomic mass is 10.1. The van der Waals surface area contributed by atoms with Gasteiger partial charge in [0, 0.05) is 18.8 Å². The summed E-state index contributed by atoms with van der Waals surface area (Å²) in [5.41, 5.74) is 1.35. The van der Waals surface area contributed by atoms with E-state index >= 15 is 0 Å². The molecule has 1 fully saturated rings. The molecule has 94 valence electrons. The van der Waals surface area contributed by atoms with Crippen molar-refractivity contribution in [2.45, 2.75) is 25.8 Å². The molecule has 1 saturated heterocycles. The number of aryl methyl sites for hydroxylation is 1. The third kappa shape index (κ3) is 1.79. The molecule has 18 heavy (non-hydrogen) atoms. The van der Waals surface area contributed by atoms with Crippen LogP contribution < -0.4 is 0 Å². The lowest BCUT2D eigenvalue weighted by Gasteiger charge is -2.22. The van der Waals surface area contributed by atoms with E-state index in [0.717, 1.165) is 30.8 Å². The fraction of sp³-hybridized carbons (Fsp3) is 0.417. The van der Waals surface area contributed by atoms with Gasteiger partial charge in [0.2, 0.25) is 0 Å². The van der Waals surface area contributed by atoms with Gasteiger partial charge in [-0.05, 0) is 25.8 Å². The third-order valence-electron chi connectivity index (χ3n) is 3.23. The van der Waals surface area contributed by atoms with E-state index in [-0.39, 0.29) is 11.9 Å². The largest absolute Gasteiger partial charge is 0.361 e. The Morgan fingerprint density at radius 1 is 1.61 bits per heavy atom. The summed E-state index contributed by atoms with van der Waals surface area (Å²) in [4.78, 5) is 14.1. The highest BCUT2D eigenvalue weighted by molar-refractivity contribution is 5.92. The Hall–Kier alpha value is -2.11. The molecule has 0 aromatic carbocycles. The topological polar surface area (TPSA) is 75.0 Å².